The fourth-order valence-corrected chi connectivity index (χ4v) is 5.34. The third kappa shape index (κ3) is 4.29. The average Bonchev–Trinajstić information content (AvgIpc) is 3.37. The number of methoxy groups -OCH3 is 1. The summed E-state index contributed by atoms with van der Waals surface area (Å²) in [6.07, 6.45) is 0. The van der Waals surface area contributed by atoms with Gasteiger partial charge in [0.25, 0.3) is 11.1 Å². The third-order valence-electron chi connectivity index (χ3n) is 6.44. The Balaban J connectivity index is 1.82. The Morgan fingerprint density at radius 3 is 1.70 bits per heavy atom. The Hall–Kier alpha value is -3.99. The molecule has 5 rings (SSSR count). The minimum absolute atomic E-state index is 0.00516. The number of benzene rings is 3. The van der Waals surface area contributed by atoms with Gasteiger partial charge in [-0.15, -0.1) is 0 Å². The highest BCUT2D eigenvalue weighted by molar-refractivity contribution is 14.1. The fourth-order valence-electron chi connectivity index (χ4n) is 4.71. The number of ether oxygens (including phenoxy) is 1. The maximum atomic E-state index is 13.9. The monoisotopic (exact) mass is 608 g/mol. The third-order valence-corrected chi connectivity index (χ3v) is 7.27. The molecular weight excluding hydrogens is 583 g/mol. The van der Waals surface area contributed by atoms with Gasteiger partial charge >= 0.3 is 0 Å². The van der Waals surface area contributed by atoms with E-state index >= 15 is 0 Å². The molecule has 0 aliphatic carbocycles. The van der Waals surface area contributed by atoms with Crippen molar-refractivity contribution in [2.75, 3.05) is 7.11 Å². The summed E-state index contributed by atoms with van der Waals surface area (Å²) >= 11 is 2.02. The lowest BCUT2D eigenvalue weighted by Gasteiger charge is -2.18. The Morgan fingerprint density at radius 2 is 1.27 bits per heavy atom. The van der Waals surface area contributed by atoms with E-state index in [1.165, 1.54) is 16.5 Å². The Morgan fingerprint density at radius 1 is 0.811 bits per heavy atom. The van der Waals surface area contributed by atoms with Crippen molar-refractivity contribution in [3.05, 3.63) is 125 Å². The van der Waals surface area contributed by atoms with Crippen LogP contribution in [-0.2, 0) is 0 Å². The predicted molar refractivity (Wildman–Crippen MR) is 151 cm³/mol. The number of H-pyrrole nitrogens is 2. The van der Waals surface area contributed by atoms with Gasteiger partial charge in [-0.3, -0.25) is 19.8 Å². The first-order valence-corrected chi connectivity index (χ1v) is 12.7. The molecule has 0 fully saturated rings. The van der Waals surface area contributed by atoms with Crippen molar-refractivity contribution in [3.8, 4) is 22.9 Å². The topological polar surface area (TPSA) is 105 Å². The summed E-state index contributed by atoms with van der Waals surface area (Å²) in [6, 6.07) is 22.0. The molecule has 3 N–H and O–H groups in total. The number of aromatic amines is 2. The molecule has 0 saturated carbocycles. The van der Waals surface area contributed by atoms with Crippen molar-refractivity contribution in [3.63, 3.8) is 0 Å². The van der Waals surface area contributed by atoms with Crippen LogP contribution in [0.2, 0.25) is 0 Å². The number of para-hydroxylation sites is 2. The van der Waals surface area contributed by atoms with Gasteiger partial charge in [0.05, 0.1) is 33.2 Å². The molecule has 2 heterocycles. The fraction of sp³-hybridized carbons (Fsp3) is 0.143. The van der Waals surface area contributed by atoms with E-state index in [0.29, 0.717) is 43.0 Å². The van der Waals surface area contributed by atoms with Gasteiger partial charge in [0.15, 0.2) is 11.5 Å². The van der Waals surface area contributed by atoms with Crippen LogP contribution in [0.1, 0.15) is 34.0 Å². The van der Waals surface area contributed by atoms with Crippen LogP contribution in [0.4, 0.5) is 0 Å². The number of nitrogens with one attached hydrogen (secondary N) is 2. The van der Waals surface area contributed by atoms with Crippen LogP contribution >= 0.6 is 22.6 Å². The van der Waals surface area contributed by atoms with E-state index in [0.717, 1.165) is 0 Å². The Labute approximate surface area is 226 Å². The molecule has 37 heavy (non-hydrogen) atoms. The summed E-state index contributed by atoms with van der Waals surface area (Å²) in [5, 5.41) is 16.9. The lowest BCUT2D eigenvalue weighted by Crippen LogP contribution is -2.25. The van der Waals surface area contributed by atoms with Crippen molar-refractivity contribution in [2.24, 2.45) is 0 Å². The van der Waals surface area contributed by atoms with Gasteiger partial charge in [-0.1, -0.05) is 36.4 Å². The van der Waals surface area contributed by atoms with Gasteiger partial charge in [0.1, 0.15) is 0 Å². The van der Waals surface area contributed by atoms with Crippen molar-refractivity contribution in [1.82, 2.24) is 19.6 Å². The summed E-state index contributed by atoms with van der Waals surface area (Å²) in [7, 11) is 1.47. The number of hydrogen-bond acceptors (Lipinski definition) is 4. The molecule has 9 heteroatoms. The molecule has 0 saturated heterocycles. The molecular formula is C28H25IN4O4. The van der Waals surface area contributed by atoms with Crippen LogP contribution in [0.3, 0.4) is 0 Å². The summed E-state index contributed by atoms with van der Waals surface area (Å²) in [6.45, 7) is 3.65. The molecule has 188 valence electrons. The number of halogens is 1. The number of hydrogen-bond donors (Lipinski definition) is 3. The van der Waals surface area contributed by atoms with Crippen LogP contribution in [0.15, 0.2) is 82.4 Å². The van der Waals surface area contributed by atoms with E-state index < -0.39 is 5.92 Å². The van der Waals surface area contributed by atoms with E-state index in [1.807, 2.05) is 97.1 Å². The van der Waals surface area contributed by atoms with Gasteiger partial charge < -0.3 is 9.84 Å². The standard InChI is InChI=1S/C28H25IN4O4/c1-16-23(27(35)32(30-16)19-10-6-4-7-11-19)25(18-14-21(29)26(34)22(15-18)37-3)24-17(2)31-33(28(24)36)20-12-8-5-9-13-20/h4-15,25,30-31,34H,1-3H3. The van der Waals surface area contributed by atoms with E-state index in [9.17, 15) is 14.7 Å². The molecule has 0 atom stereocenters. The van der Waals surface area contributed by atoms with Crippen LogP contribution in [0.25, 0.3) is 11.4 Å². The molecule has 5 aromatic rings. The Kier molecular flexibility index (Phi) is 6.55. The molecule has 0 bridgehead atoms. The van der Waals surface area contributed by atoms with Gasteiger partial charge in [0, 0.05) is 17.3 Å². The summed E-state index contributed by atoms with van der Waals surface area (Å²) in [5.41, 5.74) is 3.64. The molecule has 0 radical (unpaired) electrons. The molecule has 0 unspecified atom stereocenters. The number of aromatic nitrogens is 4. The molecule has 2 aromatic heterocycles. The largest absolute Gasteiger partial charge is 0.504 e. The average molecular weight is 608 g/mol. The maximum absolute atomic E-state index is 13.9. The molecule has 3 aromatic carbocycles. The Bertz CT molecular complexity index is 1600. The van der Waals surface area contributed by atoms with Crippen LogP contribution in [0.5, 0.6) is 11.5 Å². The molecule has 0 spiro atoms. The number of aromatic hydroxyl groups is 1. The summed E-state index contributed by atoms with van der Waals surface area (Å²) < 4.78 is 8.94. The molecule has 8 nitrogen and oxygen atoms in total. The quantitative estimate of drug-likeness (QED) is 0.242. The first-order chi connectivity index (χ1) is 17.8. The zero-order valence-electron chi connectivity index (χ0n) is 20.4. The van der Waals surface area contributed by atoms with Crippen LogP contribution in [0, 0.1) is 17.4 Å². The predicted octanol–water partition coefficient (Wildman–Crippen LogP) is 4.76. The number of aryl methyl sites for hydroxylation is 2. The minimum atomic E-state index is -0.731. The lowest BCUT2D eigenvalue weighted by molar-refractivity contribution is 0.371. The first kappa shape index (κ1) is 24.7. The molecule has 0 aliphatic heterocycles. The summed E-state index contributed by atoms with van der Waals surface area (Å²) in [5.74, 6) is -0.462. The SMILES string of the molecule is COc1cc(C(c2c(C)[nH]n(-c3ccccc3)c2=O)c2c(C)[nH]n(-c3ccccc3)c2=O)cc(I)c1O. The second kappa shape index (κ2) is 9.81. The number of phenolic OH excluding ortho intramolecular Hbond substituents is 1. The van der Waals surface area contributed by atoms with Gasteiger partial charge in [-0.2, -0.15) is 0 Å². The van der Waals surface area contributed by atoms with Gasteiger partial charge in [-0.25, -0.2) is 9.36 Å². The molecule has 0 amide bonds. The summed E-state index contributed by atoms with van der Waals surface area (Å²) in [4.78, 5) is 27.8. The highest BCUT2D eigenvalue weighted by Gasteiger charge is 2.32. The highest BCUT2D eigenvalue weighted by atomic mass is 127. The van der Waals surface area contributed by atoms with E-state index in [1.54, 1.807) is 12.1 Å². The van der Waals surface area contributed by atoms with Crippen molar-refractivity contribution in [2.45, 2.75) is 19.8 Å². The van der Waals surface area contributed by atoms with E-state index in [4.69, 9.17) is 4.74 Å². The highest BCUT2D eigenvalue weighted by Crippen LogP contribution is 2.39. The number of rotatable bonds is 6. The number of phenols is 1. The zero-order chi connectivity index (χ0) is 26.3. The number of nitrogens with zero attached hydrogens (tertiary/aromatic N) is 2. The normalized spacial score (nSPS) is 11.3. The maximum Gasteiger partial charge on any atom is 0.275 e. The minimum Gasteiger partial charge on any atom is -0.504 e. The van der Waals surface area contributed by atoms with E-state index in [-0.39, 0.29) is 22.6 Å². The van der Waals surface area contributed by atoms with Gasteiger partial charge in [0.2, 0.25) is 0 Å². The van der Waals surface area contributed by atoms with Gasteiger partial charge in [-0.05, 0) is 78.4 Å². The van der Waals surface area contributed by atoms with Crippen molar-refractivity contribution < 1.29 is 9.84 Å². The second-order valence-corrected chi connectivity index (χ2v) is 9.90. The van der Waals surface area contributed by atoms with Crippen LogP contribution in [-0.4, -0.2) is 31.8 Å². The smallest absolute Gasteiger partial charge is 0.275 e. The zero-order valence-corrected chi connectivity index (χ0v) is 22.6. The second-order valence-electron chi connectivity index (χ2n) is 8.74. The molecule has 0 aliphatic rings. The van der Waals surface area contributed by atoms with Crippen LogP contribution < -0.4 is 15.9 Å². The van der Waals surface area contributed by atoms with Crippen molar-refractivity contribution >= 4 is 22.6 Å². The van der Waals surface area contributed by atoms with E-state index in [2.05, 4.69) is 10.2 Å². The first-order valence-electron chi connectivity index (χ1n) is 11.6. The lowest BCUT2D eigenvalue weighted by atomic mass is 9.85. The van der Waals surface area contributed by atoms with Crippen molar-refractivity contribution in [1.29, 1.82) is 0 Å².